The number of nitriles is 1. The highest BCUT2D eigenvalue weighted by Crippen LogP contribution is 2.21. The Morgan fingerprint density at radius 3 is 3.05 bits per heavy atom. The van der Waals surface area contributed by atoms with Crippen molar-refractivity contribution in [1.82, 2.24) is 5.32 Å². The Hall–Kier alpha value is -1.57. The number of methoxy groups -OCH3 is 1. The zero-order valence-electron chi connectivity index (χ0n) is 11.5. The van der Waals surface area contributed by atoms with E-state index in [0.29, 0.717) is 24.3 Å². The monoisotopic (exact) mass is 260 g/mol. The highest BCUT2D eigenvalue weighted by Gasteiger charge is 2.22. The fourth-order valence-electron chi connectivity index (χ4n) is 2.39. The number of rotatable bonds is 5. The van der Waals surface area contributed by atoms with Crippen LogP contribution in [0.2, 0.25) is 0 Å². The summed E-state index contributed by atoms with van der Waals surface area (Å²) in [4.78, 5) is 0. The lowest BCUT2D eigenvalue weighted by molar-refractivity contribution is 0.0831. The quantitative estimate of drug-likeness (QED) is 0.882. The van der Waals surface area contributed by atoms with Crippen molar-refractivity contribution in [2.45, 2.75) is 38.5 Å². The minimum Gasteiger partial charge on any atom is -0.496 e. The molecule has 1 fully saturated rings. The van der Waals surface area contributed by atoms with E-state index in [1.807, 2.05) is 12.1 Å². The fourth-order valence-corrected chi connectivity index (χ4v) is 2.39. The Balaban J connectivity index is 1.99. The lowest BCUT2D eigenvalue weighted by Crippen LogP contribution is -2.36. The fraction of sp³-hybridized carbons (Fsp3) is 0.533. The second-order valence-corrected chi connectivity index (χ2v) is 4.86. The van der Waals surface area contributed by atoms with Gasteiger partial charge in [-0.3, -0.25) is 0 Å². The van der Waals surface area contributed by atoms with Crippen LogP contribution in [0.5, 0.6) is 5.75 Å². The van der Waals surface area contributed by atoms with Gasteiger partial charge < -0.3 is 14.8 Å². The first-order valence-corrected chi connectivity index (χ1v) is 6.66. The van der Waals surface area contributed by atoms with Crippen LogP contribution in [0.1, 0.15) is 30.9 Å². The third kappa shape index (κ3) is 3.46. The maximum Gasteiger partial charge on any atom is 0.123 e. The van der Waals surface area contributed by atoms with Gasteiger partial charge in [0.15, 0.2) is 0 Å². The summed E-state index contributed by atoms with van der Waals surface area (Å²) in [6, 6.07) is 7.94. The molecule has 0 aliphatic carbocycles. The molecule has 0 spiro atoms. The Bertz CT molecular complexity index is 462. The molecule has 1 N–H and O–H groups in total. The minimum absolute atomic E-state index is 0.296. The maximum atomic E-state index is 8.94. The average Bonchev–Trinajstić information content (AvgIpc) is 2.98. The van der Waals surface area contributed by atoms with E-state index < -0.39 is 0 Å². The molecule has 102 valence electrons. The third-order valence-electron chi connectivity index (χ3n) is 3.55. The highest BCUT2D eigenvalue weighted by atomic mass is 16.5. The number of ether oxygens (including phenoxy) is 2. The van der Waals surface area contributed by atoms with Crippen LogP contribution in [0.15, 0.2) is 18.2 Å². The van der Waals surface area contributed by atoms with Gasteiger partial charge in [-0.15, -0.1) is 0 Å². The lowest BCUT2D eigenvalue weighted by atomic mass is 10.1. The average molecular weight is 260 g/mol. The zero-order chi connectivity index (χ0) is 13.7. The van der Waals surface area contributed by atoms with E-state index in [1.54, 1.807) is 13.2 Å². The van der Waals surface area contributed by atoms with Crippen LogP contribution in [0, 0.1) is 11.3 Å². The summed E-state index contributed by atoms with van der Waals surface area (Å²) in [5, 5.41) is 12.4. The molecule has 2 rings (SSSR count). The van der Waals surface area contributed by atoms with Crippen molar-refractivity contribution in [3.05, 3.63) is 29.3 Å². The van der Waals surface area contributed by atoms with Gasteiger partial charge in [0.05, 0.1) is 24.8 Å². The predicted octanol–water partition coefficient (Wildman–Crippen LogP) is 2.22. The first-order chi connectivity index (χ1) is 9.24. The van der Waals surface area contributed by atoms with Gasteiger partial charge in [0, 0.05) is 24.8 Å². The van der Waals surface area contributed by atoms with Crippen molar-refractivity contribution < 1.29 is 9.47 Å². The van der Waals surface area contributed by atoms with Gasteiger partial charge in [0.2, 0.25) is 0 Å². The van der Waals surface area contributed by atoms with Crippen molar-refractivity contribution in [3.63, 3.8) is 0 Å². The molecule has 4 heteroatoms. The van der Waals surface area contributed by atoms with Crippen molar-refractivity contribution in [2.75, 3.05) is 13.7 Å². The van der Waals surface area contributed by atoms with Crippen LogP contribution in [-0.2, 0) is 11.3 Å². The van der Waals surface area contributed by atoms with Crippen molar-refractivity contribution in [3.8, 4) is 11.8 Å². The number of nitrogens with one attached hydrogen (secondary N) is 1. The number of hydrogen-bond acceptors (Lipinski definition) is 4. The van der Waals surface area contributed by atoms with E-state index in [2.05, 4.69) is 18.3 Å². The van der Waals surface area contributed by atoms with Gasteiger partial charge in [-0.05, 0) is 38.0 Å². The Labute approximate surface area is 114 Å². The standard InChI is InChI=1S/C15H20N2O2/c1-11(14-4-3-7-19-14)17-10-13-8-12(9-16)5-6-15(13)18-2/h5-6,8,11,14,17H,3-4,7,10H2,1-2H3. The molecule has 1 aliphatic rings. The molecule has 4 nitrogen and oxygen atoms in total. The molecule has 0 aromatic heterocycles. The summed E-state index contributed by atoms with van der Waals surface area (Å²) in [5.74, 6) is 0.811. The molecule has 0 saturated carbocycles. The molecule has 0 radical (unpaired) electrons. The summed E-state index contributed by atoms with van der Waals surface area (Å²) in [5.41, 5.74) is 1.66. The van der Waals surface area contributed by atoms with Crippen LogP contribution in [-0.4, -0.2) is 25.9 Å². The second-order valence-electron chi connectivity index (χ2n) is 4.86. The van der Waals surface area contributed by atoms with E-state index in [4.69, 9.17) is 14.7 Å². The molecule has 2 unspecified atom stereocenters. The van der Waals surface area contributed by atoms with Crippen molar-refractivity contribution >= 4 is 0 Å². The molecule has 1 aromatic rings. The Morgan fingerprint density at radius 1 is 1.58 bits per heavy atom. The largest absolute Gasteiger partial charge is 0.496 e. The lowest BCUT2D eigenvalue weighted by Gasteiger charge is -2.20. The van der Waals surface area contributed by atoms with Gasteiger partial charge in [-0.2, -0.15) is 5.26 Å². The van der Waals surface area contributed by atoms with E-state index in [1.165, 1.54) is 0 Å². The van der Waals surface area contributed by atoms with Crippen LogP contribution < -0.4 is 10.1 Å². The van der Waals surface area contributed by atoms with E-state index >= 15 is 0 Å². The van der Waals surface area contributed by atoms with Crippen molar-refractivity contribution in [1.29, 1.82) is 5.26 Å². The molecule has 0 bridgehead atoms. The van der Waals surface area contributed by atoms with Gasteiger partial charge in [-0.25, -0.2) is 0 Å². The van der Waals surface area contributed by atoms with Gasteiger partial charge in [0.25, 0.3) is 0 Å². The topological polar surface area (TPSA) is 54.3 Å². The minimum atomic E-state index is 0.296. The molecule has 1 heterocycles. The molecular weight excluding hydrogens is 240 g/mol. The molecule has 19 heavy (non-hydrogen) atoms. The Morgan fingerprint density at radius 2 is 2.42 bits per heavy atom. The molecule has 1 saturated heterocycles. The third-order valence-corrected chi connectivity index (χ3v) is 3.55. The van der Waals surface area contributed by atoms with Crippen LogP contribution >= 0.6 is 0 Å². The molecule has 2 atom stereocenters. The van der Waals surface area contributed by atoms with Gasteiger partial charge in [-0.1, -0.05) is 0 Å². The summed E-state index contributed by atoms with van der Waals surface area (Å²) in [6.45, 7) is 3.68. The molecule has 0 amide bonds. The number of benzene rings is 1. The van der Waals surface area contributed by atoms with Gasteiger partial charge in [0.1, 0.15) is 5.75 Å². The smallest absolute Gasteiger partial charge is 0.123 e. The van der Waals surface area contributed by atoms with Crippen LogP contribution in [0.3, 0.4) is 0 Å². The second kappa shape index (κ2) is 6.55. The first kappa shape index (κ1) is 13.9. The van der Waals surface area contributed by atoms with E-state index in [-0.39, 0.29) is 0 Å². The molecular formula is C15H20N2O2. The zero-order valence-corrected chi connectivity index (χ0v) is 11.5. The number of nitrogens with zero attached hydrogens (tertiary/aromatic N) is 1. The maximum absolute atomic E-state index is 8.94. The first-order valence-electron chi connectivity index (χ1n) is 6.66. The summed E-state index contributed by atoms with van der Waals surface area (Å²) < 4.78 is 11.0. The molecule has 1 aromatic carbocycles. The van der Waals surface area contributed by atoms with Crippen LogP contribution in [0.4, 0.5) is 0 Å². The predicted molar refractivity (Wildman–Crippen MR) is 73.0 cm³/mol. The normalized spacial score (nSPS) is 19.9. The summed E-state index contributed by atoms with van der Waals surface area (Å²) >= 11 is 0. The van der Waals surface area contributed by atoms with E-state index in [9.17, 15) is 0 Å². The van der Waals surface area contributed by atoms with Gasteiger partial charge >= 0.3 is 0 Å². The summed E-state index contributed by atoms with van der Waals surface area (Å²) in [7, 11) is 1.65. The number of hydrogen-bond donors (Lipinski definition) is 1. The van der Waals surface area contributed by atoms with Crippen LogP contribution in [0.25, 0.3) is 0 Å². The SMILES string of the molecule is COc1ccc(C#N)cc1CNC(C)C1CCCO1. The summed E-state index contributed by atoms with van der Waals surface area (Å²) in [6.07, 6.45) is 2.55. The van der Waals surface area contributed by atoms with Crippen molar-refractivity contribution in [2.24, 2.45) is 0 Å². The Kier molecular flexibility index (Phi) is 4.78. The highest BCUT2D eigenvalue weighted by molar-refractivity contribution is 5.42. The van der Waals surface area contributed by atoms with E-state index in [0.717, 1.165) is 30.8 Å². The molecule has 1 aliphatic heterocycles.